The predicted molar refractivity (Wildman–Crippen MR) is 123 cm³/mol. The van der Waals surface area contributed by atoms with Gasteiger partial charge < -0.3 is 14.8 Å². The molecule has 0 radical (unpaired) electrons. The van der Waals surface area contributed by atoms with Gasteiger partial charge in [-0.05, 0) is 73.9 Å². The molecule has 1 aliphatic rings. The van der Waals surface area contributed by atoms with Crippen molar-refractivity contribution >= 4 is 23.0 Å². The molecule has 0 saturated carbocycles. The minimum absolute atomic E-state index is 0.0131. The Kier molecular flexibility index (Phi) is 5.41. The number of anilines is 1. The normalized spacial score (nSPS) is 19.2. The Morgan fingerprint density at radius 2 is 1.72 bits per heavy atom. The summed E-state index contributed by atoms with van der Waals surface area (Å²) < 4.78 is 2.33. The lowest BCUT2D eigenvalue weighted by Gasteiger charge is -2.30. The molecule has 0 bridgehead atoms. The maximum absolute atomic E-state index is 5.82. The molecule has 1 N–H and O–H groups in total. The van der Waals surface area contributed by atoms with Gasteiger partial charge in [-0.15, -0.1) is 0 Å². The van der Waals surface area contributed by atoms with Crippen molar-refractivity contribution in [3.05, 3.63) is 83.9 Å². The molecular formula is C24H28N4S. The van der Waals surface area contributed by atoms with Crippen molar-refractivity contribution in [3.8, 4) is 0 Å². The summed E-state index contributed by atoms with van der Waals surface area (Å²) in [5.41, 5.74) is 4.66. The highest BCUT2D eigenvalue weighted by Crippen LogP contribution is 2.42. The molecule has 5 heteroatoms. The molecule has 3 heterocycles. The summed E-state index contributed by atoms with van der Waals surface area (Å²) in [7, 11) is 0. The molecule has 3 aromatic rings. The molecule has 0 amide bonds. The maximum Gasteiger partial charge on any atom is 0.174 e. The Morgan fingerprint density at radius 1 is 0.966 bits per heavy atom. The highest BCUT2D eigenvalue weighted by atomic mass is 32.1. The van der Waals surface area contributed by atoms with Crippen LogP contribution in [0.1, 0.15) is 68.7 Å². The Balaban J connectivity index is 1.82. The van der Waals surface area contributed by atoms with E-state index in [0.29, 0.717) is 12.0 Å². The number of nitrogens with one attached hydrogen (secondary N) is 1. The van der Waals surface area contributed by atoms with Gasteiger partial charge in [-0.25, -0.2) is 0 Å². The number of hydrogen-bond donors (Lipinski definition) is 1. The van der Waals surface area contributed by atoms with E-state index in [1.54, 1.807) is 0 Å². The van der Waals surface area contributed by atoms with E-state index < -0.39 is 0 Å². The zero-order chi connectivity index (χ0) is 20.5. The predicted octanol–water partition coefficient (Wildman–Crippen LogP) is 5.76. The van der Waals surface area contributed by atoms with Crippen LogP contribution in [0.4, 0.5) is 5.69 Å². The minimum atomic E-state index is -0.0131. The third-order valence-electron chi connectivity index (χ3n) is 5.61. The largest absolute Gasteiger partial charge is 0.351 e. The van der Waals surface area contributed by atoms with E-state index in [-0.39, 0.29) is 12.1 Å². The van der Waals surface area contributed by atoms with Crippen LogP contribution in [-0.2, 0) is 0 Å². The zero-order valence-corrected chi connectivity index (χ0v) is 18.2. The van der Waals surface area contributed by atoms with E-state index in [9.17, 15) is 0 Å². The van der Waals surface area contributed by atoms with Gasteiger partial charge in [0.25, 0.3) is 0 Å². The summed E-state index contributed by atoms with van der Waals surface area (Å²) >= 11 is 5.82. The summed E-state index contributed by atoms with van der Waals surface area (Å²) in [6.07, 6.45) is 4.00. The molecule has 0 aliphatic carbocycles. The van der Waals surface area contributed by atoms with Crippen molar-refractivity contribution < 1.29 is 0 Å². The van der Waals surface area contributed by atoms with Crippen LogP contribution in [0.15, 0.2) is 67.0 Å². The average molecular weight is 405 g/mol. The lowest BCUT2D eigenvalue weighted by Crippen LogP contribution is -2.30. The fourth-order valence-corrected chi connectivity index (χ4v) is 4.43. The summed E-state index contributed by atoms with van der Waals surface area (Å²) in [5, 5.41) is 4.28. The van der Waals surface area contributed by atoms with Gasteiger partial charge in [0.2, 0.25) is 0 Å². The molecule has 0 spiro atoms. The van der Waals surface area contributed by atoms with Crippen LogP contribution in [0.25, 0.3) is 0 Å². The fraction of sp³-hybridized carbons (Fsp3) is 0.333. The van der Waals surface area contributed by atoms with Gasteiger partial charge in [0.05, 0.1) is 11.7 Å². The van der Waals surface area contributed by atoms with Crippen molar-refractivity contribution in [2.45, 2.75) is 51.7 Å². The number of thiocarbonyl (C=S) groups is 1. The fourth-order valence-electron chi connectivity index (χ4n) is 4.08. The van der Waals surface area contributed by atoms with Crippen molar-refractivity contribution in [2.75, 3.05) is 4.90 Å². The lowest BCUT2D eigenvalue weighted by molar-refractivity contribution is 0.497. The van der Waals surface area contributed by atoms with Crippen molar-refractivity contribution in [3.63, 3.8) is 0 Å². The molecule has 150 valence electrons. The molecule has 2 atom stereocenters. The molecule has 1 saturated heterocycles. The number of benzene rings is 1. The molecule has 1 aromatic carbocycles. The highest BCUT2D eigenvalue weighted by Gasteiger charge is 2.42. The number of rotatable bonds is 5. The standard InChI is InChI=1S/C24H28N4S/c1-16(2)18-10-12-19(13-11-18)28-23(21-9-7-15-27(21)17(3)4)22(26-24(28)29)20-8-5-6-14-25-20/h5-17,22-23H,1-4H3,(H,26,29)/t22-,23+/m1/s1. The first-order valence-electron chi connectivity index (χ1n) is 10.2. The van der Waals surface area contributed by atoms with E-state index in [1.807, 2.05) is 18.3 Å². The Hall–Kier alpha value is -2.66. The Labute approximate surface area is 178 Å². The third kappa shape index (κ3) is 3.67. The van der Waals surface area contributed by atoms with Crippen LogP contribution in [-0.4, -0.2) is 14.7 Å². The van der Waals surface area contributed by atoms with Gasteiger partial charge in [0, 0.05) is 29.8 Å². The van der Waals surface area contributed by atoms with E-state index in [4.69, 9.17) is 12.2 Å². The van der Waals surface area contributed by atoms with Gasteiger partial charge in [-0.3, -0.25) is 4.98 Å². The second-order valence-corrected chi connectivity index (χ2v) is 8.56. The molecule has 1 fully saturated rings. The molecule has 29 heavy (non-hydrogen) atoms. The maximum atomic E-state index is 5.82. The molecule has 2 aromatic heterocycles. The quantitative estimate of drug-likeness (QED) is 0.548. The van der Waals surface area contributed by atoms with Crippen LogP contribution in [0.3, 0.4) is 0 Å². The lowest BCUT2D eigenvalue weighted by atomic mass is 9.99. The Morgan fingerprint density at radius 3 is 2.34 bits per heavy atom. The highest BCUT2D eigenvalue weighted by molar-refractivity contribution is 7.80. The van der Waals surface area contributed by atoms with E-state index in [1.165, 1.54) is 11.3 Å². The van der Waals surface area contributed by atoms with Gasteiger partial charge in [-0.1, -0.05) is 32.0 Å². The zero-order valence-electron chi connectivity index (χ0n) is 17.4. The van der Waals surface area contributed by atoms with Gasteiger partial charge in [0.1, 0.15) is 6.04 Å². The third-order valence-corrected chi connectivity index (χ3v) is 5.92. The van der Waals surface area contributed by atoms with Crippen LogP contribution in [0, 0.1) is 0 Å². The van der Waals surface area contributed by atoms with Crippen molar-refractivity contribution in [2.24, 2.45) is 0 Å². The van der Waals surface area contributed by atoms with Gasteiger partial charge in [0.15, 0.2) is 5.11 Å². The van der Waals surface area contributed by atoms with Crippen molar-refractivity contribution in [1.82, 2.24) is 14.9 Å². The molecule has 4 rings (SSSR count). The average Bonchev–Trinajstić information content (AvgIpc) is 3.33. The summed E-state index contributed by atoms with van der Waals surface area (Å²) in [6.45, 7) is 8.85. The second-order valence-electron chi connectivity index (χ2n) is 8.18. The molecule has 1 aliphatic heterocycles. The summed E-state index contributed by atoms with van der Waals surface area (Å²) in [4.78, 5) is 6.88. The topological polar surface area (TPSA) is 33.1 Å². The number of hydrogen-bond acceptors (Lipinski definition) is 2. The van der Waals surface area contributed by atoms with E-state index in [2.05, 4.69) is 96.1 Å². The smallest absolute Gasteiger partial charge is 0.174 e. The SMILES string of the molecule is CC(C)c1ccc(N2C(=S)N[C@H](c3ccccn3)[C@@H]2c2cccn2C(C)C)cc1. The van der Waals surface area contributed by atoms with E-state index >= 15 is 0 Å². The Bertz CT molecular complexity index is 976. The van der Waals surface area contributed by atoms with Crippen LogP contribution < -0.4 is 10.2 Å². The first kappa shape index (κ1) is 19.6. The second kappa shape index (κ2) is 7.99. The van der Waals surface area contributed by atoms with Crippen LogP contribution in [0.2, 0.25) is 0 Å². The monoisotopic (exact) mass is 404 g/mol. The van der Waals surface area contributed by atoms with Gasteiger partial charge in [-0.2, -0.15) is 0 Å². The minimum Gasteiger partial charge on any atom is -0.351 e. The van der Waals surface area contributed by atoms with E-state index in [0.717, 1.165) is 16.5 Å². The number of pyridine rings is 1. The summed E-state index contributed by atoms with van der Waals surface area (Å²) in [6, 6.07) is 19.5. The van der Waals surface area contributed by atoms with Crippen LogP contribution >= 0.6 is 12.2 Å². The molecule has 4 nitrogen and oxygen atoms in total. The van der Waals surface area contributed by atoms with Crippen molar-refractivity contribution in [1.29, 1.82) is 0 Å². The first-order valence-corrected chi connectivity index (χ1v) is 10.7. The molecular weight excluding hydrogens is 376 g/mol. The van der Waals surface area contributed by atoms with Crippen LogP contribution in [0.5, 0.6) is 0 Å². The first-order chi connectivity index (χ1) is 14.0. The van der Waals surface area contributed by atoms with Gasteiger partial charge >= 0.3 is 0 Å². The summed E-state index contributed by atoms with van der Waals surface area (Å²) in [5.74, 6) is 0.503. The number of nitrogens with zero attached hydrogens (tertiary/aromatic N) is 3. The number of aromatic nitrogens is 2. The molecule has 0 unspecified atom stereocenters.